The molecule has 0 N–H and O–H groups in total. The lowest BCUT2D eigenvalue weighted by Gasteiger charge is -2.36. The molecule has 3 saturated heterocycles. The van der Waals surface area contributed by atoms with Crippen molar-refractivity contribution in [2.75, 3.05) is 19.6 Å². The van der Waals surface area contributed by atoms with E-state index in [1.54, 1.807) is 12.4 Å². The summed E-state index contributed by atoms with van der Waals surface area (Å²) in [5.41, 5.74) is 4.52. The zero-order valence-corrected chi connectivity index (χ0v) is 16.6. The van der Waals surface area contributed by atoms with Crippen LogP contribution < -0.4 is 0 Å². The number of nitrogens with zero attached hydrogens (tertiary/aromatic N) is 5. The van der Waals surface area contributed by atoms with E-state index in [2.05, 4.69) is 45.3 Å². The fourth-order valence-corrected chi connectivity index (χ4v) is 4.69. The van der Waals surface area contributed by atoms with Gasteiger partial charge in [-0.25, -0.2) is 0 Å². The minimum atomic E-state index is 0.141. The topological polar surface area (TPSA) is 54.3 Å². The summed E-state index contributed by atoms with van der Waals surface area (Å²) in [7, 11) is 0. The average molecular weight is 367 g/mol. The highest BCUT2D eigenvalue weighted by Crippen LogP contribution is 2.31. The molecule has 3 aliphatic rings. The summed E-state index contributed by atoms with van der Waals surface area (Å²) in [6.07, 6.45) is 5.78. The van der Waals surface area contributed by atoms with Gasteiger partial charge >= 0.3 is 0 Å². The zero-order valence-electron chi connectivity index (χ0n) is 16.6. The Balaban J connectivity index is 1.52. The summed E-state index contributed by atoms with van der Waals surface area (Å²) in [5.74, 6) is 0.693. The lowest BCUT2D eigenvalue weighted by Crippen LogP contribution is -2.44. The van der Waals surface area contributed by atoms with Gasteiger partial charge in [-0.2, -0.15) is 5.10 Å². The number of rotatable bonds is 4. The lowest BCUT2D eigenvalue weighted by molar-refractivity contribution is 0.0735. The summed E-state index contributed by atoms with van der Waals surface area (Å²) >= 11 is 0. The molecule has 0 spiro atoms. The van der Waals surface area contributed by atoms with Crippen LogP contribution in [-0.2, 0) is 13.1 Å². The second-order valence-electron chi connectivity index (χ2n) is 7.94. The van der Waals surface area contributed by atoms with E-state index in [0.29, 0.717) is 12.0 Å². The normalized spacial score (nSPS) is 22.9. The molecule has 3 fully saturated rings. The van der Waals surface area contributed by atoms with Crippen molar-refractivity contribution in [3.05, 3.63) is 47.0 Å². The quantitative estimate of drug-likeness (QED) is 0.834. The highest BCUT2D eigenvalue weighted by molar-refractivity contribution is 5.94. The molecular formula is C21H29N5O. The number of pyridine rings is 1. The van der Waals surface area contributed by atoms with Crippen molar-refractivity contribution in [3.63, 3.8) is 0 Å². The van der Waals surface area contributed by atoms with E-state index >= 15 is 0 Å². The Hall–Kier alpha value is -2.21. The maximum atomic E-state index is 13.0. The van der Waals surface area contributed by atoms with Gasteiger partial charge in [0.2, 0.25) is 0 Å². The van der Waals surface area contributed by atoms with Crippen LogP contribution in [0, 0.1) is 19.8 Å². The van der Waals surface area contributed by atoms with E-state index < -0.39 is 0 Å². The summed E-state index contributed by atoms with van der Waals surface area (Å²) in [4.78, 5) is 21.6. The fraction of sp³-hybridized carbons (Fsp3) is 0.571. The Labute approximate surface area is 161 Å². The zero-order chi connectivity index (χ0) is 19.0. The monoisotopic (exact) mass is 367 g/mol. The van der Waals surface area contributed by atoms with Gasteiger partial charge in [-0.3, -0.25) is 19.4 Å². The highest BCUT2D eigenvalue weighted by atomic mass is 16.2. The van der Waals surface area contributed by atoms with Crippen LogP contribution in [0.4, 0.5) is 0 Å². The minimum absolute atomic E-state index is 0.141. The maximum absolute atomic E-state index is 13.0. The van der Waals surface area contributed by atoms with Crippen LogP contribution in [-0.4, -0.2) is 56.1 Å². The fourth-order valence-electron chi connectivity index (χ4n) is 4.69. The summed E-state index contributed by atoms with van der Waals surface area (Å²) in [6, 6.07) is 4.07. The predicted octanol–water partition coefficient (Wildman–Crippen LogP) is 2.65. The molecule has 6 heteroatoms. The van der Waals surface area contributed by atoms with E-state index in [0.717, 1.165) is 44.0 Å². The van der Waals surface area contributed by atoms with Crippen LogP contribution in [0.1, 0.15) is 47.1 Å². The van der Waals surface area contributed by atoms with Crippen LogP contribution >= 0.6 is 0 Å². The van der Waals surface area contributed by atoms with Gasteiger partial charge in [-0.05, 0) is 51.7 Å². The number of aryl methyl sites for hydroxylation is 2. The molecule has 3 aliphatic heterocycles. The van der Waals surface area contributed by atoms with Crippen molar-refractivity contribution in [1.29, 1.82) is 0 Å². The Morgan fingerprint density at radius 1 is 1.15 bits per heavy atom. The van der Waals surface area contributed by atoms with E-state index in [1.807, 2.05) is 12.1 Å². The Kier molecular flexibility index (Phi) is 5.00. The van der Waals surface area contributed by atoms with Crippen LogP contribution in [0.3, 0.4) is 0 Å². The lowest BCUT2D eigenvalue weighted by atomic mass is 9.94. The first-order valence-electron chi connectivity index (χ1n) is 10.0. The number of aromatic nitrogens is 3. The highest BCUT2D eigenvalue weighted by Gasteiger charge is 2.37. The van der Waals surface area contributed by atoms with Gasteiger partial charge in [0.15, 0.2) is 0 Å². The number of carbonyl (C=O) groups excluding carboxylic acids is 1. The van der Waals surface area contributed by atoms with Crippen LogP contribution in [0.5, 0.6) is 0 Å². The minimum Gasteiger partial charge on any atom is -0.337 e. The first kappa shape index (κ1) is 18.2. The third-order valence-electron chi connectivity index (χ3n) is 6.23. The van der Waals surface area contributed by atoms with Crippen molar-refractivity contribution < 1.29 is 4.79 Å². The van der Waals surface area contributed by atoms with Crippen molar-refractivity contribution >= 4 is 5.91 Å². The molecule has 1 amide bonds. The van der Waals surface area contributed by atoms with Gasteiger partial charge in [-0.15, -0.1) is 0 Å². The largest absolute Gasteiger partial charge is 0.337 e. The molecule has 0 radical (unpaired) electrons. The molecule has 144 valence electrons. The average Bonchev–Trinajstić information content (AvgIpc) is 2.88. The van der Waals surface area contributed by atoms with E-state index in [-0.39, 0.29) is 5.91 Å². The number of carbonyl (C=O) groups is 1. The Morgan fingerprint density at radius 3 is 2.63 bits per heavy atom. The molecule has 27 heavy (non-hydrogen) atoms. The molecule has 2 aromatic heterocycles. The van der Waals surface area contributed by atoms with E-state index in [4.69, 9.17) is 0 Å². The molecule has 5 heterocycles. The summed E-state index contributed by atoms with van der Waals surface area (Å²) in [5, 5.41) is 4.68. The first-order valence-corrected chi connectivity index (χ1v) is 10.0. The van der Waals surface area contributed by atoms with Gasteiger partial charge in [-0.1, -0.05) is 0 Å². The molecule has 2 bridgehead atoms. The summed E-state index contributed by atoms with van der Waals surface area (Å²) < 4.78 is 2.10. The van der Waals surface area contributed by atoms with Crippen molar-refractivity contribution in [2.24, 2.45) is 5.92 Å². The van der Waals surface area contributed by atoms with Crippen molar-refractivity contribution in [3.8, 4) is 0 Å². The van der Waals surface area contributed by atoms with Crippen molar-refractivity contribution in [1.82, 2.24) is 24.6 Å². The molecule has 6 nitrogen and oxygen atoms in total. The van der Waals surface area contributed by atoms with E-state index in [9.17, 15) is 4.79 Å². The number of fused-ring (bicyclic) bond motifs is 4. The first-order chi connectivity index (χ1) is 13.1. The van der Waals surface area contributed by atoms with Gasteiger partial charge < -0.3 is 4.90 Å². The molecule has 2 aromatic rings. The molecule has 5 rings (SSSR count). The molecule has 0 saturated carbocycles. The second kappa shape index (κ2) is 7.43. The molecule has 2 atom stereocenters. The number of hydrogen-bond acceptors (Lipinski definition) is 4. The number of piperidine rings is 1. The van der Waals surface area contributed by atoms with E-state index in [1.165, 1.54) is 24.1 Å². The molecule has 0 aliphatic carbocycles. The Bertz CT molecular complexity index is 815. The van der Waals surface area contributed by atoms with Gasteiger partial charge in [0.1, 0.15) is 0 Å². The van der Waals surface area contributed by atoms with Gasteiger partial charge in [0.25, 0.3) is 5.91 Å². The molecule has 0 aromatic carbocycles. The second-order valence-corrected chi connectivity index (χ2v) is 7.94. The smallest absolute Gasteiger partial charge is 0.254 e. The standard InChI is InChI=1S/C21H29N5O/c1-4-26-16(3)20(15(2)23-26)14-24-11-17-5-6-19(24)13-25(12-17)21(27)18-7-9-22-10-8-18/h7-10,17,19H,4-6,11-14H2,1-3H3/t17-,19-/m0/s1. The van der Waals surface area contributed by atoms with Gasteiger partial charge in [0, 0.05) is 68.0 Å². The Morgan fingerprint density at radius 2 is 1.93 bits per heavy atom. The maximum Gasteiger partial charge on any atom is 0.254 e. The SMILES string of the molecule is CCn1nc(C)c(CN2C[C@@H]3CC[C@H]2CN(C(=O)c2ccncc2)C3)c1C. The third-order valence-corrected chi connectivity index (χ3v) is 6.23. The predicted molar refractivity (Wildman–Crippen MR) is 104 cm³/mol. The summed E-state index contributed by atoms with van der Waals surface area (Å²) in [6.45, 7) is 11.0. The van der Waals surface area contributed by atoms with Crippen LogP contribution in [0.2, 0.25) is 0 Å². The molecule has 0 unspecified atom stereocenters. The van der Waals surface area contributed by atoms with Crippen LogP contribution in [0.25, 0.3) is 0 Å². The van der Waals surface area contributed by atoms with Crippen LogP contribution in [0.15, 0.2) is 24.5 Å². The van der Waals surface area contributed by atoms with Crippen molar-refractivity contribution in [2.45, 2.75) is 52.7 Å². The number of amides is 1. The molecular weight excluding hydrogens is 338 g/mol. The van der Waals surface area contributed by atoms with Gasteiger partial charge in [0.05, 0.1) is 5.69 Å². The third kappa shape index (κ3) is 3.50. The number of hydrogen-bond donors (Lipinski definition) is 0.